The van der Waals surface area contributed by atoms with Crippen molar-refractivity contribution >= 4 is 17.3 Å². The Balaban J connectivity index is 1.75. The highest BCUT2D eigenvalue weighted by Crippen LogP contribution is 2.45. The van der Waals surface area contributed by atoms with Crippen molar-refractivity contribution in [1.82, 2.24) is 20.6 Å². The van der Waals surface area contributed by atoms with Gasteiger partial charge in [-0.1, -0.05) is 11.6 Å². The van der Waals surface area contributed by atoms with Crippen LogP contribution >= 0.6 is 0 Å². The van der Waals surface area contributed by atoms with Gasteiger partial charge in [0.1, 0.15) is 11.2 Å². The SMILES string of the molecule is CN1CCN(C(=O)C2(c3nn[nH]n3)CCC2)c2cc(F)ccc21. The Hall–Kier alpha value is -2.51. The van der Waals surface area contributed by atoms with Gasteiger partial charge in [-0.25, -0.2) is 4.39 Å². The van der Waals surface area contributed by atoms with Crippen LogP contribution in [0.2, 0.25) is 0 Å². The molecule has 23 heavy (non-hydrogen) atoms. The molecule has 1 aromatic carbocycles. The molecule has 4 rings (SSSR count). The summed E-state index contributed by atoms with van der Waals surface area (Å²) in [6.45, 7) is 1.22. The lowest BCUT2D eigenvalue weighted by atomic mass is 9.67. The Bertz CT molecular complexity index is 742. The van der Waals surface area contributed by atoms with Gasteiger partial charge in [0.25, 0.3) is 0 Å². The fourth-order valence-electron chi connectivity index (χ4n) is 3.42. The lowest BCUT2D eigenvalue weighted by molar-refractivity contribution is -0.127. The first-order chi connectivity index (χ1) is 11.1. The maximum atomic E-state index is 13.7. The van der Waals surface area contributed by atoms with Gasteiger partial charge < -0.3 is 9.80 Å². The van der Waals surface area contributed by atoms with Crippen LogP contribution in [0.4, 0.5) is 15.8 Å². The highest BCUT2D eigenvalue weighted by molar-refractivity contribution is 6.04. The average Bonchev–Trinajstić information content (AvgIpc) is 3.00. The molecule has 2 aliphatic rings. The Kier molecular flexibility index (Phi) is 3.07. The molecule has 2 heterocycles. The molecule has 1 aliphatic carbocycles. The zero-order valence-electron chi connectivity index (χ0n) is 12.8. The van der Waals surface area contributed by atoms with E-state index in [0.717, 1.165) is 12.1 Å². The summed E-state index contributed by atoms with van der Waals surface area (Å²) in [7, 11) is 1.94. The van der Waals surface area contributed by atoms with E-state index in [0.29, 0.717) is 37.4 Å². The molecule has 2 aromatic rings. The quantitative estimate of drug-likeness (QED) is 0.902. The minimum atomic E-state index is -0.730. The van der Waals surface area contributed by atoms with Crippen molar-refractivity contribution in [2.24, 2.45) is 0 Å². The highest BCUT2D eigenvalue weighted by Gasteiger charge is 2.52. The number of halogens is 1. The monoisotopic (exact) mass is 316 g/mol. The summed E-state index contributed by atoms with van der Waals surface area (Å²) in [5, 5.41) is 14.1. The van der Waals surface area contributed by atoms with Crippen molar-refractivity contribution in [3.05, 3.63) is 29.8 Å². The molecule has 0 radical (unpaired) electrons. The Morgan fingerprint density at radius 3 is 2.78 bits per heavy atom. The van der Waals surface area contributed by atoms with Gasteiger partial charge in [-0.15, -0.1) is 10.2 Å². The van der Waals surface area contributed by atoms with E-state index in [9.17, 15) is 9.18 Å². The van der Waals surface area contributed by atoms with E-state index in [1.807, 2.05) is 11.9 Å². The molecule has 8 heteroatoms. The minimum absolute atomic E-state index is 0.0647. The second-order valence-electron chi connectivity index (χ2n) is 6.18. The molecule has 120 valence electrons. The summed E-state index contributed by atoms with van der Waals surface area (Å²) in [6, 6.07) is 4.55. The van der Waals surface area contributed by atoms with Gasteiger partial charge in [0, 0.05) is 20.1 Å². The number of carbonyl (C=O) groups excluding carboxylic acids is 1. The third-order valence-electron chi connectivity index (χ3n) is 4.93. The molecule has 1 fully saturated rings. The van der Waals surface area contributed by atoms with E-state index < -0.39 is 5.41 Å². The number of aromatic amines is 1. The van der Waals surface area contributed by atoms with Crippen LogP contribution in [0.25, 0.3) is 0 Å². The van der Waals surface area contributed by atoms with Gasteiger partial charge in [-0.2, -0.15) is 5.21 Å². The number of rotatable bonds is 2. The molecule has 0 saturated heterocycles. The Morgan fingerprint density at radius 2 is 2.13 bits per heavy atom. The van der Waals surface area contributed by atoms with Crippen LogP contribution in [-0.2, 0) is 10.2 Å². The van der Waals surface area contributed by atoms with Crippen LogP contribution in [0.5, 0.6) is 0 Å². The number of nitrogens with one attached hydrogen (secondary N) is 1. The summed E-state index contributed by atoms with van der Waals surface area (Å²) in [4.78, 5) is 16.9. The summed E-state index contributed by atoms with van der Waals surface area (Å²) >= 11 is 0. The molecule has 1 saturated carbocycles. The molecule has 1 amide bonds. The van der Waals surface area contributed by atoms with Crippen molar-refractivity contribution in [3.63, 3.8) is 0 Å². The van der Waals surface area contributed by atoms with Gasteiger partial charge >= 0.3 is 0 Å². The fourth-order valence-corrected chi connectivity index (χ4v) is 3.42. The number of aromatic nitrogens is 4. The maximum absolute atomic E-state index is 13.7. The standard InChI is InChI=1S/C15H17FN6O/c1-21-7-8-22(12-9-10(16)3-4-11(12)21)14(23)15(5-2-6-15)13-17-19-20-18-13/h3-4,9H,2,5-8H2,1H3,(H,17,18,19,20). The van der Waals surface area contributed by atoms with Crippen LogP contribution in [0.3, 0.4) is 0 Å². The van der Waals surface area contributed by atoms with Crippen LogP contribution in [-0.4, -0.2) is 46.7 Å². The number of amides is 1. The Labute approximate surface area is 132 Å². The maximum Gasteiger partial charge on any atom is 0.241 e. The second-order valence-corrected chi connectivity index (χ2v) is 6.18. The van der Waals surface area contributed by atoms with Crippen molar-refractivity contribution < 1.29 is 9.18 Å². The minimum Gasteiger partial charge on any atom is -0.371 e. The summed E-state index contributed by atoms with van der Waals surface area (Å²) in [5.41, 5.74) is 0.735. The number of tetrazole rings is 1. The first kappa shape index (κ1) is 14.1. The number of hydrogen-bond acceptors (Lipinski definition) is 5. The van der Waals surface area contributed by atoms with E-state index in [1.165, 1.54) is 12.1 Å². The van der Waals surface area contributed by atoms with Crippen molar-refractivity contribution in [2.75, 3.05) is 29.9 Å². The normalized spacial score (nSPS) is 19.2. The fraction of sp³-hybridized carbons (Fsp3) is 0.467. The van der Waals surface area contributed by atoms with Crippen LogP contribution in [0.15, 0.2) is 18.2 Å². The molecule has 0 atom stereocenters. The largest absolute Gasteiger partial charge is 0.371 e. The van der Waals surface area contributed by atoms with Gasteiger partial charge in [0.15, 0.2) is 5.82 Å². The number of hydrogen-bond donors (Lipinski definition) is 1. The zero-order chi connectivity index (χ0) is 16.0. The predicted molar refractivity (Wildman–Crippen MR) is 81.7 cm³/mol. The van der Waals surface area contributed by atoms with Gasteiger partial charge in [0.05, 0.1) is 11.4 Å². The topological polar surface area (TPSA) is 78.0 Å². The zero-order valence-corrected chi connectivity index (χ0v) is 12.8. The molecular formula is C15H17FN6O. The van der Waals surface area contributed by atoms with Gasteiger partial charge in [-0.05, 0) is 31.0 Å². The first-order valence-electron chi connectivity index (χ1n) is 7.68. The van der Waals surface area contributed by atoms with Crippen LogP contribution < -0.4 is 9.80 Å². The van der Waals surface area contributed by atoms with Crippen LogP contribution in [0, 0.1) is 5.82 Å². The molecule has 0 spiro atoms. The van der Waals surface area contributed by atoms with Crippen LogP contribution in [0.1, 0.15) is 25.1 Å². The molecular weight excluding hydrogens is 299 g/mol. The smallest absolute Gasteiger partial charge is 0.241 e. The summed E-state index contributed by atoms with van der Waals surface area (Å²) in [6.07, 6.45) is 2.34. The van der Waals surface area contributed by atoms with Crippen molar-refractivity contribution in [2.45, 2.75) is 24.7 Å². The van der Waals surface area contributed by atoms with E-state index in [2.05, 4.69) is 20.6 Å². The molecule has 0 unspecified atom stereocenters. The number of nitrogens with zero attached hydrogens (tertiary/aromatic N) is 5. The first-order valence-corrected chi connectivity index (χ1v) is 7.68. The number of benzene rings is 1. The van der Waals surface area contributed by atoms with Gasteiger partial charge in [-0.3, -0.25) is 4.79 Å². The summed E-state index contributed by atoms with van der Waals surface area (Å²) in [5.74, 6) is 0.0230. The second kappa shape index (κ2) is 5.00. The van der Waals surface area contributed by atoms with Crippen molar-refractivity contribution in [1.29, 1.82) is 0 Å². The van der Waals surface area contributed by atoms with E-state index in [-0.39, 0.29) is 11.7 Å². The Morgan fingerprint density at radius 1 is 1.30 bits per heavy atom. The lowest BCUT2D eigenvalue weighted by Gasteiger charge is -2.44. The van der Waals surface area contributed by atoms with E-state index >= 15 is 0 Å². The number of anilines is 2. The lowest BCUT2D eigenvalue weighted by Crippen LogP contribution is -2.55. The highest BCUT2D eigenvalue weighted by atomic mass is 19.1. The summed E-state index contributed by atoms with van der Waals surface area (Å²) < 4.78 is 13.7. The number of H-pyrrole nitrogens is 1. The molecule has 1 N–H and O–H groups in total. The van der Waals surface area contributed by atoms with E-state index in [4.69, 9.17) is 0 Å². The molecule has 0 bridgehead atoms. The van der Waals surface area contributed by atoms with Gasteiger partial charge in [0.2, 0.25) is 5.91 Å². The molecule has 7 nitrogen and oxygen atoms in total. The number of carbonyl (C=O) groups is 1. The number of likely N-dealkylation sites (N-methyl/N-ethyl adjacent to an activating group) is 1. The third-order valence-corrected chi connectivity index (χ3v) is 4.93. The number of fused-ring (bicyclic) bond motifs is 1. The average molecular weight is 316 g/mol. The molecule has 1 aliphatic heterocycles. The van der Waals surface area contributed by atoms with Crippen molar-refractivity contribution in [3.8, 4) is 0 Å². The predicted octanol–water partition coefficient (Wildman–Crippen LogP) is 1.24. The molecule has 1 aromatic heterocycles. The third kappa shape index (κ3) is 2.01. The van der Waals surface area contributed by atoms with E-state index in [1.54, 1.807) is 11.0 Å².